The molecule has 0 aromatic rings. The largest absolute Gasteiger partial charge is 0.347 e. The molecule has 0 aromatic carbocycles. The molecule has 1 saturated heterocycles. The molecular weight excluding hydrogens is 258 g/mol. The Morgan fingerprint density at radius 3 is 2.11 bits per heavy atom. The summed E-state index contributed by atoms with van der Waals surface area (Å²) in [5.41, 5.74) is 0. The fourth-order valence-electron chi connectivity index (χ4n) is 1.81. The molecule has 1 aliphatic heterocycles. The highest BCUT2D eigenvalue weighted by molar-refractivity contribution is 6.27. The van der Waals surface area contributed by atoms with Crippen molar-refractivity contribution in [2.45, 2.75) is 13.3 Å². The molecule has 0 radical (unpaired) electrons. The minimum Gasteiger partial charge on any atom is -0.347 e. The highest BCUT2D eigenvalue weighted by atomic mass is 35.5. The third-order valence-electron chi connectivity index (χ3n) is 2.80. The first kappa shape index (κ1) is 14.8. The molecule has 3 amide bonds. The van der Waals surface area contributed by atoms with Gasteiger partial charge in [0.05, 0.1) is 6.54 Å². The van der Waals surface area contributed by atoms with E-state index in [1.165, 1.54) is 6.92 Å². The van der Waals surface area contributed by atoms with Crippen molar-refractivity contribution in [2.75, 3.05) is 38.6 Å². The minimum absolute atomic E-state index is 0.0127. The van der Waals surface area contributed by atoms with Gasteiger partial charge >= 0.3 is 0 Å². The normalized spacial score (nSPS) is 16.1. The smallest absolute Gasteiger partial charge is 0.242 e. The van der Waals surface area contributed by atoms with Crippen LogP contribution in [0, 0.1) is 0 Å². The summed E-state index contributed by atoms with van der Waals surface area (Å²) in [5, 5.41) is 2.48. The van der Waals surface area contributed by atoms with Crippen molar-refractivity contribution in [3.05, 3.63) is 0 Å². The highest BCUT2D eigenvalue weighted by Crippen LogP contribution is 2.04. The number of nitrogens with zero attached hydrogens (tertiary/aromatic N) is 2. The standard InChI is InChI=1S/C11H18ClN3O3/c1-9(16)13-8-11(18)15-4-2-3-14(5-6-15)10(17)7-12/h2-8H2,1H3,(H,13,16). The Morgan fingerprint density at radius 2 is 1.61 bits per heavy atom. The second-order valence-corrected chi connectivity index (χ2v) is 4.43. The van der Waals surface area contributed by atoms with E-state index in [0.29, 0.717) is 26.2 Å². The Balaban J connectivity index is 2.43. The van der Waals surface area contributed by atoms with Crippen molar-refractivity contribution in [1.82, 2.24) is 15.1 Å². The van der Waals surface area contributed by atoms with Crippen LogP contribution in [0.2, 0.25) is 0 Å². The first-order valence-corrected chi connectivity index (χ1v) is 6.44. The van der Waals surface area contributed by atoms with Crippen LogP contribution in [0.1, 0.15) is 13.3 Å². The zero-order chi connectivity index (χ0) is 13.5. The van der Waals surface area contributed by atoms with Crippen LogP contribution in [0.15, 0.2) is 0 Å². The van der Waals surface area contributed by atoms with E-state index in [2.05, 4.69) is 5.32 Å². The lowest BCUT2D eigenvalue weighted by atomic mass is 10.3. The van der Waals surface area contributed by atoms with Gasteiger partial charge in [-0.15, -0.1) is 11.6 Å². The average molecular weight is 276 g/mol. The number of carbonyl (C=O) groups is 3. The van der Waals surface area contributed by atoms with Crippen LogP contribution in [0.25, 0.3) is 0 Å². The Bertz CT molecular complexity index is 335. The van der Waals surface area contributed by atoms with E-state index in [-0.39, 0.29) is 30.1 Å². The summed E-state index contributed by atoms with van der Waals surface area (Å²) >= 11 is 5.50. The Morgan fingerprint density at radius 1 is 1.06 bits per heavy atom. The quantitative estimate of drug-likeness (QED) is 0.701. The molecule has 1 fully saturated rings. The van der Waals surface area contributed by atoms with Gasteiger partial charge in [-0.1, -0.05) is 0 Å². The molecule has 7 heteroatoms. The van der Waals surface area contributed by atoms with E-state index >= 15 is 0 Å². The van der Waals surface area contributed by atoms with Gasteiger partial charge in [0.1, 0.15) is 5.88 Å². The monoisotopic (exact) mass is 275 g/mol. The van der Waals surface area contributed by atoms with Crippen LogP contribution in [-0.2, 0) is 14.4 Å². The fraction of sp³-hybridized carbons (Fsp3) is 0.727. The predicted octanol–water partition coefficient (Wildman–Crippen LogP) is -0.578. The zero-order valence-corrected chi connectivity index (χ0v) is 11.2. The van der Waals surface area contributed by atoms with E-state index in [1.807, 2.05) is 0 Å². The van der Waals surface area contributed by atoms with E-state index < -0.39 is 0 Å². The zero-order valence-electron chi connectivity index (χ0n) is 10.4. The van der Waals surface area contributed by atoms with Crippen LogP contribution in [0.4, 0.5) is 0 Å². The van der Waals surface area contributed by atoms with Crippen molar-refractivity contribution in [1.29, 1.82) is 0 Å². The molecule has 0 aromatic heterocycles. The Hall–Kier alpha value is -1.30. The summed E-state index contributed by atoms with van der Waals surface area (Å²) in [5.74, 6) is -0.477. The van der Waals surface area contributed by atoms with Crippen LogP contribution in [-0.4, -0.2) is 66.1 Å². The van der Waals surface area contributed by atoms with Crippen molar-refractivity contribution in [2.24, 2.45) is 0 Å². The van der Waals surface area contributed by atoms with Crippen LogP contribution < -0.4 is 5.32 Å². The van der Waals surface area contributed by atoms with Crippen LogP contribution >= 0.6 is 11.6 Å². The number of carbonyl (C=O) groups excluding carboxylic acids is 3. The summed E-state index contributed by atoms with van der Waals surface area (Å²) < 4.78 is 0. The molecule has 1 N–H and O–H groups in total. The van der Waals surface area contributed by atoms with Crippen molar-refractivity contribution >= 4 is 29.3 Å². The molecule has 0 bridgehead atoms. The van der Waals surface area contributed by atoms with Crippen molar-refractivity contribution < 1.29 is 14.4 Å². The molecule has 1 heterocycles. The van der Waals surface area contributed by atoms with Gasteiger partial charge in [-0.3, -0.25) is 14.4 Å². The van der Waals surface area contributed by atoms with Crippen molar-refractivity contribution in [3.8, 4) is 0 Å². The Labute approximate surface area is 111 Å². The number of rotatable bonds is 3. The third-order valence-corrected chi connectivity index (χ3v) is 3.03. The number of amides is 3. The SMILES string of the molecule is CC(=O)NCC(=O)N1CCCN(C(=O)CCl)CC1. The molecule has 102 valence electrons. The lowest BCUT2D eigenvalue weighted by Gasteiger charge is -2.21. The summed E-state index contributed by atoms with van der Waals surface area (Å²) in [6, 6.07) is 0. The maximum absolute atomic E-state index is 11.8. The minimum atomic E-state index is -0.225. The summed E-state index contributed by atoms with van der Waals surface area (Å²) in [6.45, 7) is 3.59. The van der Waals surface area contributed by atoms with E-state index in [4.69, 9.17) is 11.6 Å². The van der Waals surface area contributed by atoms with Gasteiger partial charge in [0.15, 0.2) is 0 Å². The molecule has 0 atom stereocenters. The number of halogens is 1. The van der Waals surface area contributed by atoms with Gasteiger partial charge in [0, 0.05) is 33.1 Å². The number of hydrogen-bond donors (Lipinski definition) is 1. The van der Waals surface area contributed by atoms with E-state index in [0.717, 1.165) is 6.42 Å². The fourth-order valence-corrected chi connectivity index (χ4v) is 1.98. The molecule has 0 saturated carbocycles. The topological polar surface area (TPSA) is 69.7 Å². The summed E-state index contributed by atoms with van der Waals surface area (Å²) in [6.07, 6.45) is 0.731. The average Bonchev–Trinajstić information content (AvgIpc) is 2.60. The highest BCUT2D eigenvalue weighted by Gasteiger charge is 2.21. The van der Waals surface area contributed by atoms with Crippen molar-refractivity contribution in [3.63, 3.8) is 0 Å². The maximum atomic E-state index is 11.8. The van der Waals surface area contributed by atoms with Gasteiger partial charge in [-0.05, 0) is 6.42 Å². The van der Waals surface area contributed by atoms with Gasteiger partial charge in [-0.25, -0.2) is 0 Å². The molecule has 18 heavy (non-hydrogen) atoms. The second-order valence-electron chi connectivity index (χ2n) is 4.16. The number of nitrogens with one attached hydrogen (secondary N) is 1. The number of alkyl halides is 1. The number of hydrogen-bond acceptors (Lipinski definition) is 3. The molecule has 1 aliphatic rings. The predicted molar refractivity (Wildman–Crippen MR) is 67.2 cm³/mol. The van der Waals surface area contributed by atoms with E-state index in [9.17, 15) is 14.4 Å². The van der Waals surface area contributed by atoms with Crippen LogP contribution in [0.5, 0.6) is 0 Å². The maximum Gasteiger partial charge on any atom is 0.242 e. The van der Waals surface area contributed by atoms with Crippen LogP contribution in [0.3, 0.4) is 0 Å². The van der Waals surface area contributed by atoms with E-state index in [1.54, 1.807) is 9.80 Å². The molecule has 0 spiro atoms. The van der Waals surface area contributed by atoms with Gasteiger partial charge in [-0.2, -0.15) is 0 Å². The molecule has 0 aliphatic carbocycles. The lowest BCUT2D eigenvalue weighted by molar-refractivity contribution is -0.133. The molecule has 0 unspecified atom stereocenters. The lowest BCUT2D eigenvalue weighted by Crippen LogP contribution is -2.42. The first-order chi connectivity index (χ1) is 8.54. The molecule has 6 nitrogen and oxygen atoms in total. The summed E-state index contributed by atoms with van der Waals surface area (Å²) in [4.78, 5) is 37.3. The summed E-state index contributed by atoms with van der Waals surface area (Å²) in [7, 11) is 0. The molecule has 1 rings (SSSR count). The van der Waals surface area contributed by atoms with Gasteiger partial charge in [0.25, 0.3) is 0 Å². The Kier molecular flexibility index (Phi) is 5.91. The molecular formula is C11H18ClN3O3. The first-order valence-electron chi connectivity index (χ1n) is 5.90. The second kappa shape index (κ2) is 7.20. The van der Waals surface area contributed by atoms with Gasteiger partial charge < -0.3 is 15.1 Å². The third kappa shape index (κ3) is 4.52. The van der Waals surface area contributed by atoms with Gasteiger partial charge in [0.2, 0.25) is 17.7 Å².